The molecule has 1 unspecified atom stereocenters. The molecule has 17 heavy (non-hydrogen) atoms. The second-order valence-corrected chi connectivity index (χ2v) is 4.46. The molecule has 0 aromatic carbocycles. The van der Waals surface area contributed by atoms with Crippen molar-refractivity contribution in [3.63, 3.8) is 0 Å². The zero-order valence-corrected chi connectivity index (χ0v) is 10.3. The maximum Gasteiger partial charge on any atom is 0.322 e. The molecule has 0 aliphatic carbocycles. The fourth-order valence-corrected chi connectivity index (χ4v) is 1.77. The summed E-state index contributed by atoms with van der Waals surface area (Å²) in [6.45, 7) is 3.21. The molecule has 0 fully saturated rings. The van der Waals surface area contributed by atoms with Crippen molar-refractivity contribution in [3.8, 4) is 0 Å². The fourth-order valence-electron chi connectivity index (χ4n) is 0.902. The van der Waals surface area contributed by atoms with Gasteiger partial charge >= 0.3 is 12.0 Å². The van der Waals surface area contributed by atoms with E-state index >= 15 is 0 Å². The van der Waals surface area contributed by atoms with E-state index in [0.29, 0.717) is 11.6 Å². The first-order valence-corrected chi connectivity index (χ1v) is 6.05. The molecule has 1 heterocycles. The number of aryl methyl sites for hydroxylation is 1. The maximum absolute atomic E-state index is 11.4. The van der Waals surface area contributed by atoms with Crippen LogP contribution in [0.1, 0.15) is 12.8 Å². The molecule has 94 valence electrons. The van der Waals surface area contributed by atoms with Crippen molar-refractivity contribution < 1.29 is 19.1 Å². The van der Waals surface area contributed by atoms with Crippen LogP contribution in [0.4, 0.5) is 6.01 Å². The third-order valence-corrected chi connectivity index (χ3v) is 3.00. The molecule has 0 aliphatic rings. The van der Waals surface area contributed by atoms with E-state index in [0.717, 1.165) is 0 Å². The zero-order chi connectivity index (χ0) is 12.8. The van der Waals surface area contributed by atoms with Crippen molar-refractivity contribution in [3.05, 3.63) is 5.89 Å². The van der Waals surface area contributed by atoms with Gasteiger partial charge in [0.15, 0.2) is 0 Å². The molecule has 0 spiro atoms. The average Bonchev–Trinajstić information content (AvgIpc) is 2.63. The van der Waals surface area contributed by atoms with Crippen molar-refractivity contribution in [2.75, 3.05) is 16.8 Å². The van der Waals surface area contributed by atoms with Crippen molar-refractivity contribution in [1.82, 2.24) is 10.2 Å². The normalized spacial score (nSPS) is 12.1. The molecule has 0 radical (unpaired) electrons. The lowest BCUT2D eigenvalue weighted by molar-refractivity contribution is -0.140. The minimum absolute atomic E-state index is 0.0550. The van der Waals surface area contributed by atoms with Gasteiger partial charge in [0, 0.05) is 12.7 Å². The van der Waals surface area contributed by atoms with Crippen LogP contribution in [0.3, 0.4) is 0 Å². The summed E-state index contributed by atoms with van der Waals surface area (Å²) in [6, 6.07) is 0.0550. The highest BCUT2D eigenvalue weighted by molar-refractivity contribution is 8.00. The first-order valence-electron chi connectivity index (χ1n) is 4.89. The summed E-state index contributed by atoms with van der Waals surface area (Å²) in [6.07, 6.45) is 0. The maximum atomic E-state index is 11.4. The predicted octanol–water partition coefficient (Wildman–Crippen LogP) is 0.770. The van der Waals surface area contributed by atoms with Crippen molar-refractivity contribution in [2.45, 2.75) is 13.8 Å². The number of nitrogens with one attached hydrogen (secondary N) is 1. The second-order valence-electron chi connectivity index (χ2n) is 3.43. The van der Waals surface area contributed by atoms with Gasteiger partial charge in [-0.3, -0.25) is 14.9 Å². The Morgan fingerprint density at radius 3 is 2.76 bits per heavy atom. The first-order chi connectivity index (χ1) is 7.99. The van der Waals surface area contributed by atoms with Crippen LogP contribution in [0.25, 0.3) is 0 Å². The predicted molar refractivity (Wildman–Crippen MR) is 61.8 cm³/mol. The number of thioether (sulfide) groups is 1. The van der Waals surface area contributed by atoms with Crippen molar-refractivity contribution >= 4 is 29.7 Å². The summed E-state index contributed by atoms with van der Waals surface area (Å²) in [5.74, 6) is -0.738. The van der Waals surface area contributed by atoms with Crippen LogP contribution in [-0.4, -0.2) is 38.7 Å². The van der Waals surface area contributed by atoms with Crippen LogP contribution >= 0.6 is 11.8 Å². The second kappa shape index (κ2) is 6.24. The van der Waals surface area contributed by atoms with E-state index in [1.54, 1.807) is 13.8 Å². The van der Waals surface area contributed by atoms with Crippen LogP contribution < -0.4 is 5.32 Å². The number of nitrogens with zero attached hydrogens (tertiary/aromatic N) is 2. The number of hydrogen-bond donors (Lipinski definition) is 2. The van der Waals surface area contributed by atoms with Gasteiger partial charge in [0.1, 0.15) is 0 Å². The molecule has 1 aromatic rings. The van der Waals surface area contributed by atoms with E-state index in [1.165, 1.54) is 11.8 Å². The van der Waals surface area contributed by atoms with E-state index in [9.17, 15) is 9.59 Å². The van der Waals surface area contributed by atoms with Gasteiger partial charge in [-0.1, -0.05) is 12.0 Å². The van der Waals surface area contributed by atoms with Crippen molar-refractivity contribution in [1.29, 1.82) is 0 Å². The minimum Gasteiger partial charge on any atom is -0.481 e. The van der Waals surface area contributed by atoms with Gasteiger partial charge < -0.3 is 9.52 Å². The topological polar surface area (TPSA) is 105 Å². The molecule has 1 amide bonds. The van der Waals surface area contributed by atoms with Gasteiger partial charge in [-0.15, -0.1) is 5.10 Å². The molecule has 1 rings (SSSR count). The molecule has 0 saturated carbocycles. The van der Waals surface area contributed by atoms with Gasteiger partial charge in [0.05, 0.1) is 11.7 Å². The Morgan fingerprint density at radius 2 is 2.24 bits per heavy atom. The SMILES string of the molecule is Cc1nnc(NC(=O)CSCC(C)C(=O)O)o1. The van der Waals surface area contributed by atoms with E-state index in [1.807, 2.05) is 0 Å². The molecule has 2 N–H and O–H groups in total. The Labute approximate surface area is 102 Å². The highest BCUT2D eigenvalue weighted by atomic mass is 32.2. The van der Waals surface area contributed by atoms with Gasteiger partial charge in [-0.05, 0) is 0 Å². The largest absolute Gasteiger partial charge is 0.481 e. The van der Waals surface area contributed by atoms with Crippen LogP contribution in [0.2, 0.25) is 0 Å². The molecule has 0 aliphatic heterocycles. The molecule has 1 atom stereocenters. The highest BCUT2D eigenvalue weighted by Crippen LogP contribution is 2.10. The summed E-state index contributed by atoms with van der Waals surface area (Å²) < 4.78 is 4.96. The number of anilines is 1. The molecular formula is C9H13N3O4S. The van der Waals surface area contributed by atoms with E-state index in [-0.39, 0.29) is 17.7 Å². The number of aromatic nitrogens is 2. The van der Waals surface area contributed by atoms with Crippen LogP contribution in [-0.2, 0) is 9.59 Å². The molecule has 7 nitrogen and oxygen atoms in total. The van der Waals surface area contributed by atoms with E-state index in [4.69, 9.17) is 9.52 Å². The molecule has 8 heteroatoms. The Morgan fingerprint density at radius 1 is 1.53 bits per heavy atom. The summed E-state index contributed by atoms with van der Waals surface area (Å²) in [4.78, 5) is 21.9. The van der Waals surface area contributed by atoms with Crippen LogP contribution in [0.5, 0.6) is 0 Å². The van der Waals surface area contributed by atoms with Gasteiger partial charge in [0.25, 0.3) is 0 Å². The minimum atomic E-state index is -0.870. The zero-order valence-electron chi connectivity index (χ0n) is 9.47. The average molecular weight is 259 g/mol. The standard InChI is InChI=1S/C9H13N3O4S/c1-5(8(14)15)3-17-4-7(13)10-9-12-11-6(2)16-9/h5H,3-4H2,1-2H3,(H,14,15)(H,10,12,13). The Hall–Kier alpha value is -1.57. The quantitative estimate of drug-likeness (QED) is 0.777. The monoisotopic (exact) mass is 259 g/mol. The van der Waals surface area contributed by atoms with Crippen LogP contribution in [0.15, 0.2) is 4.42 Å². The number of carbonyl (C=O) groups is 2. The van der Waals surface area contributed by atoms with Gasteiger partial charge in [-0.2, -0.15) is 11.8 Å². The van der Waals surface area contributed by atoms with Crippen molar-refractivity contribution in [2.24, 2.45) is 5.92 Å². The lowest BCUT2D eigenvalue weighted by Gasteiger charge is -2.04. The summed E-state index contributed by atoms with van der Waals surface area (Å²) >= 11 is 1.24. The third kappa shape index (κ3) is 4.85. The van der Waals surface area contributed by atoms with Gasteiger partial charge in [0.2, 0.25) is 11.8 Å². The lowest BCUT2D eigenvalue weighted by Crippen LogP contribution is -2.17. The summed E-state index contributed by atoms with van der Waals surface area (Å²) in [5, 5.41) is 18.2. The lowest BCUT2D eigenvalue weighted by atomic mass is 10.2. The molecule has 0 bridgehead atoms. The molecule has 1 aromatic heterocycles. The number of hydrogen-bond acceptors (Lipinski definition) is 6. The smallest absolute Gasteiger partial charge is 0.322 e. The fraction of sp³-hybridized carbons (Fsp3) is 0.556. The Balaban J connectivity index is 2.24. The number of aliphatic carboxylic acids is 1. The number of amides is 1. The van der Waals surface area contributed by atoms with E-state index in [2.05, 4.69) is 15.5 Å². The Bertz CT molecular complexity index is 407. The Kier molecular flexibility index (Phi) is 4.95. The summed E-state index contributed by atoms with van der Waals surface area (Å²) in [7, 11) is 0. The van der Waals surface area contributed by atoms with Crippen LogP contribution in [0, 0.1) is 12.8 Å². The van der Waals surface area contributed by atoms with E-state index < -0.39 is 11.9 Å². The number of carboxylic acid groups (broad SMARTS) is 1. The first kappa shape index (κ1) is 13.5. The number of carboxylic acids is 1. The summed E-state index contributed by atoms with van der Waals surface area (Å²) in [5.41, 5.74) is 0. The number of rotatable bonds is 6. The highest BCUT2D eigenvalue weighted by Gasteiger charge is 2.12. The number of carbonyl (C=O) groups excluding carboxylic acids is 1. The molecular weight excluding hydrogens is 246 g/mol. The van der Waals surface area contributed by atoms with Gasteiger partial charge in [-0.25, -0.2) is 0 Å². The third-order valence-electron chi connectivity index (χ3n) is 1.79. The molecule has 0 saturated heterocycles.